The van der Waals surface area contributed by atoms with E-state index in [1.807, 2.05) is 13.0 Å². The first-order valence-electron chi connectivity index (χ1n) is 12.1. The first kappa shape index (κ1) is 23.7. The van der Waals surface area contributed by atoms with Crippen LogP contribution in [0.25, 0.3) is 16.7 Å². The van der Waals surface area contributed by atoms with Gasteiger partial charge in [-0.25, -0.2) is 4.57 Å². The molecule has 0 bridgehead atoms. The number of hydrogen-bond acceptors (Lipinski definition) is 6. The predicted octanol–water partition coefficient (Wildman–Crippen LogP) is 0.284. The van der Waals surface area contributed by atoms with Crippen LogP contribution in [0.5, 0.6) is 5.75 Å². The third kappa shape index (κ3) is 4.73. The predicted molar refractivity (Wildman–Crippen MR) is 136 cm³/mol. The minimum atomic E-state index is -0.399. The van der Waals surface area contributed by atoms with Crippen molar-refractivity contribution in [3.05, 3.63) is 70.6 Å². The number of nitrogens with two attached hydrogens (primary N) is 1. The monoisotopic (exact) mass is 490 g/mol. The zero-order valence-corrected chi connectivity index (χ0v) is 20.2. The van der Waals surface area contributed by atoms with Crippen LogP contribution in [0.4, 0.5) is 11.5 Å². The topological polar surface area (TPSA) is 116 Å². The molecule has 10 nitrogen and oxygen atoms in total. The van der Waals surface area contributed by atoms with Gasteiger partial charge in [0.1, 0.15) is 42.9 Å². The maximum absolute atomic E-state index is 13.4. The number of hydrogen-bond donors (Lipinski definition) is 3. The summed E-state index contributed by atoms with van der Waals surface area (Å²) in [7, 11) is 0. The molecule has 1 amide bonds. The first-order valence-corrected chi connectivity index (χ1v) is 12.1. The maximum Gasteiger partial charge on any atom is 0.278 e. The molecule has 1 aromatic carbocycles. The van der Waals surface area contributed by atoms with Crippen LogP contribution >= 0.6 is 0 Å². The highest BCUT2D eigenvalue weighted by molar-refractivity contribution is 6.08. The van der Waals surface area contributed by atoms with Gasteiger partial charge in [-0.15, -0.1) is 0 Å². The number of pyridine rings is 2. The van der Waals surface area contributed by atoms with Gasteiger partial charge in [0.25, 0.3) is 17.1 Å². The number of nitrogens with one attached hydrogen (secondary N) is 2. The number of morpholine rings is 1. The molecular formula is C26H30N6O4+2. The Kier molecular flexibility index (Phi) is 6.79. The van der Waals surface area contributed by atoms with Crippen molar-refractivity contribution >= 4 is 34.1 Å². The van der Waals surface area contributed by atoms with Gasteiger partial charge in [0, 0.05) is 11.9 Å². The summed E-state index contributed by atoms with van der Waals surface area (Å²) in [6.45, 7) is 6.98. The molecule has 4 aromatic rings. The number of carbonyl (C=O) groups excluding carboxylic acids is 1. The van der Waals surface area contributed by atoms with Gasteiger partial charge in [-0.3, -0.25) is 14.0 Å². The number of aromatic nitrogens is 3. The molecule has 4 N–H and O–H groups in total. The van der Waals surface area contributed by atoms with Crippen molar-refractivity contribution in [1.29, 1.82) is 0 Å². The molecule has 10 heteroatoms. The molecule has 0 atom stereocenters. The van der Waals surface area contributed by atoms with E-state index in [-0.39, 0.29) is 16.9 Å². The molecule has 0 saturated carbocycles. The molecule has 0 spiro atoms. The summed E-state index contributed by atoms with van der Waals surface area (Å²) in [6, 6.07) is 14.0. The van der Waals surface area contributed by atoms with Crippen LogP contribution in [0.1, 0.15) is 17.3 Å². The maximum atomic E-state index is 13.4. The quantitative estimate of drug-likeness (QED) is 0.253. The minimum Gasteiger partial charge on any atom is -0.494 e. The van der Waals surface area contributed by atoms with Gasteiger partial charge in [-0.05, 0) is 49.4 Å². The van der Waals surface area contributed by atoms with E-state index in [9.17, 15) is 9.59 Å². The molecule has 5 rings (SSSR count). The Bertz CT molecular complexity index is 1460. The lowest BCUT2D eigenvalue weighted by atomic mass is 10.1. The summed E-state index contributed by atoms with van der Waals surface area (Å²) in [5, 5.41) is 3.22. The molecule has 3 aromatic heterocycles. The second-order valence-corrected chi connectivity index (χ2v) is 8.70. The number of nitrogens with zero attached hydrogens (tertiary/aromatic N) is 3. The van der Waals surface area contributed by atoms with E-state index in [0.717, 1.165) is 25.4 Å². The lowest BCUT2D eigenvalue weighted by Gasteiger charge is -2.23. The van der Waals surface area contributed by atoms with Gasteiger partial charge in [0.05, 0.1) is 19.8 Å². The van der Waals surface area contributed by atoms with Crippen LogP contribution in [-0.2, 0) is 11.3 Å². The Labute approximate surface area is 207 Å². The number of anilines is 2. The largest absolute Gasteiger partial charge is 0.494 e. The van der Waals surface area contributed by atoms with E-state index in [2.05, 4.69) is 5.32 Å². The lowest BCUT2D eigenvalue weighted by molar-refractivity contribution is -0.923. The molecule has 186 valence electrons. The molecule has 1 aliphatic heterocycles. The number of fused-ring (bicyclic) bond motifs is 2. The van der Waals surface area contributed by atoms with E-state index in [4.69, 9.17) is 20.2 Å². The number of carbonyl (C=O) groups is 1. The molecule has 0 unspecified atom stereocenters. The van der Waals surface area contributed by atoms with Crippen molar-refractivity contribution in [2.24, 2.45) is 0 Å². The highest BCUT2D eigenvalue weighted by Gasteiger charge is 2.26. The molecule has 1 saturated heterocycles. The van der Waals surface area contributed by atoms with E-state index >= 15 is 0 Å². The zero-order valence-electron chi connectivity index (χ0n) is 20.2. The van der Waals surface area contributed by atoms with Crippen LogP contribution < -0.4 is 30.8 Å². The highest BCUT2D eigenvalue weighted by Crippen LogP contribution is 2.19. The van der Waals surface area contributed by atoms with Crippen molar-refractivity contribution in [2.75, 3.05) is 50.5 Å². The fourth-order valence-corrected chi connectivity index (χ4v) is 4.49. The third-order valence-corrected chi connectivity index (χ3v) is 6.42. The van der Waals surface area contributed by atoms with Crippen molar-refractivity contribution < 1.29 is 23.7 Å². The van der Waals surface area contributed by atoms with Gasteiger partial charge in [0.15, 0.2) is 0 Å². The van der Waals surface area contributed by atoms with E-state index in [0.29, 0.717) is 48.7 Å². The molecule has 1 aliphatic rings. The molecule has 1 fully saturated rings. The summed E-state index contributed by atoms with van der Waals surface area (Å²) in [4.78, 5) is 32.8. The van der Waals surface area contributed by atoms with Crippen LogP contribution in [0.2, 0.25) is 0 Å². The van der Waals surface area contributed by atoms with Crippen LogP contribution in [0.15, 0.2) is 59.5 Å². The number of amides is 1. The fourth-order valence-electron chi connectivity index (χ4n) is 4.49. The van der Waals surface area contributed by atoms with Crippen molar-refractivity contribution in [3.8, 4) is 5.75 Å². The van der Waals surface area contributed by atoms with Crippen LogP contribution in [-0.4, -0.2) is 54.7 Å². The Balaban J connectivity index is 1.56. The first-order chi connectivity index (χ1) is 17.5. The van der Waals surface area contributed by atoms with Crippen molar-refractivity contribution in [1.82, 2.24) is 9.38 Å². The Morgan fingerprint density at radius 2 is 2.00 bits per heavy atom. The molecule has 0 radical (unpaired) electrons. The van der Waals surface area contributed by atoms with Crippen LogP contribution in [0.3, 0.4) is 0 Å². The van der Waals surface area contributed by atoms with E-state index < -0.39 is 5.91 Å². The zero-order chi connectivity index (χ0) is 25.1. The number of benzene rings is 1. The molecule has 0 aliphatic carbocycles. The second-order valence-electron chi connectivity index (χ2n) is 8.70. The number of rotatable bonds is 7. The summed E-state index contributed by atoms with van der Waals surface area (Å²) >= 11 is 0. The number of ether oxygens (including phenoxy) is 2. The van der Waals surface area contributed by atoms with Gasteiger partial charge in [0.2, 0.25) is 11.5 Å². The molecule has 36 heavy (non-hydrogen) atoms. The fraction of sp³-hybridized carbons (Fsp3) is 0.308. The average Bonchev–Trinajstić information content (AvgIpc) is 2.90. The van der Waals surface area contributed by atoms with E-state index in [1.54, 1.807) is 53.2 Å². The normalized spacial score (nSPS) is 14.2. The standard InChI is InChI=1S/C26H28N6O4/c1-2-36-19-8-6-18(7-9-19)28-25(33)20-17-21-24(29-22-5-3-4-10-31(22)26(21)34)32(23(20)27)12-11-30-13-15-35-16-14-30/h3-10,17,27H,2,11-16H2,1H3,(H,28,33)/p+2. The molecule has 4 heterocycles. The highest BCUT2D eigenvalue weighted by atomic mass is 16.5. The second kappa shape index (κ2) is 10.3. The summed E-state index contributed by atoms with van der Waals surface area (Å²) in [5.74, 6) is 0.588. The van der Waals surface area contributed by atoms with Crippen molar-refractivity contribution in [2.45, 2.75) is 13.5 Å². The van der Waals surface area contributed by atoms with Gasteiger partial charge < -0.3 is 25.4 Å². The third-order valence-electron chi connectivity index (χ3n) is 6.42. The summed E-state index contributed by atoms with van der Waals surface area (Å²) in [6.07, 6.45) is 1.67. The number of quaternary nitrogens is 1. The van der Waals surface area contributed by atoms with Gasteiger partial charge >= 0.3 is 0 Å². The average molecular weight is 491 g/mol. The number of nitrogen functional groups attached to an aromatic ring is 1. The SMILES string of the molecule is CCOc1ccc(NC(=O)c2cc3c(=O)n4ccccc4nc3[n+](CC[NH+]3CCOCC3)c2N)cc1. The van der Waals surface area contributed by atoms with Gasteiger partial charge in [-0.1, -0.05) is 11.1 Å². The lowest BCUT2D eigenvalue weighted by Crippen LogP contribution is -3.14. The van der Waals surface area contributed by atoms with E-state index in [1.165, 1.54) is 9.30 Å². The Hall–Kier alpha value is -4.02. The minimum absolute atomic E-state index is 0.225. The Morgan fingerprint density at radius 3 is 2.75 bits per heavy atom. The van der Waals surface area contributed by atoms with Crippen molar-refractivity contribution in [3.63, 3.8) is 0 Å². The Morgan fingerprint density at radius 1 is 1.22 bits per heavy atom. The summed E-state index contributed by atoms with van der Waals surface area (Å²) in [5.41, 5.74) is 8.14. The van der Waals surface area contributed by atoms with Gasteiger partial charge in [-0.2, -0.15) is 0 Å². The molecular weight excluding hydrogens is 460 g/mol. The smallest absolute Gasteiger partial charge is 0.278 e. The van der Waals surface area contributed by atoms with Crippen LogP contribution in [0, 0.1) is 0 Å². The summed E-state index contributed by atoms with van der Waals surface area (Å²) < 4.78 is 14.2.